The minimum Gasteiger partial charge on any atom is -0.465 e. The third-order valence-electron chi connectivity index (χ3n) is 5.12. The SMILES string of the molecule is Cc1coc2c1C(=O)[C@H]1CC3(C=C[C@@]1(C)[C@H]2O)OCCO3. The Kier molecular flexibility index (Phi) is 2.56. The fourth-order valence-electron chi connectivity index (χ4n) is 3.77. The van der Waals surface area contributed by atoms with Gasteiger partial charge in [-0.2, -0.15) is 0 Å². The summed E-state index contributed by atoms with van der Waals surface area (Å²) in [5, 5.41) is 10.7. The zero-order chi connectivity index (χ0) is 14.8. The van der Waals surface area contributed by atoms with Gasteiger partial charge in [0.2, 0.25) is 0 Å². The van der Waals surface area contributed by atoms with Crippen molar-refractivity contribution in [2.45, 2.75) is 32.2 Å². The molecule has 1 aromatic rings. The quantitative estimate of drug-likeness (QED) is 0.741. The molecule has 1 fully saturated rings. The zero-order valence-electron chi connectivity index (χ0n) is 12.1. The van der Waals surface area contributed by atoms with Crippen molar-refractivity contribution in [3.63, 3.8) is 0 Å². The number of aryl methyl sites for hydroxylation is 1. The van der Waals surface area contributed by atoms with Gasteiger partial charge in [0.1, 0.15) is 11.9 Å². The van der Waals surface area contributed by atoms with E-state index < -0.39 is 17.3 Å². The monoisotopic (exact) mass is 290 g/mol. The molecule has 0 amide bonds. The summed E-state index contributed by atoms with van der Waals surface area (Å²) in [6.45, 7) is 4.77. The summed E-state index contributed by atoms with van der Waals surface area (Å²) in [6.07, 6.45) is 4.83. The first-order valence-electron chi connectivity index (χ1n) is 7.25. The lowest BCUT2D eigenvalue weighted by molar-refractivity contribution is -0.148. The summed E-state index contributed by atoms with van der Waals surface area (Å²) in [6, 6.07) is 0. The van der Waals surface area contributed by atoms with Crippen molar-refractivity contribution in [1.82, 2.24) is 0 Å². The topological polar surface area (TPSA) is 68.9 Å². The van der Waals surface area contributed by atoms with Crippen molar-refractivity contribution in [1.29, 1.82) is 0 Å². The molecule has 2 aliphatic carbocycles. The van der Waals surface area contributed by atoms with E-state index >= 15 is 0 Å². The predicted octanol–water partition coefficient (Wildman–Crippen LogP) is 2.14. The average Bonchev–Trinajstić information content (AvgIpc) is 3.07. The number of furan rings is 1. The summed E-state index contributed by atoms with van der Waals surface area (Å²) in [7, 11) is 0. The van der Waals surface area contributed by atoms with E-state index in [-0.39, 0.29) is 11.7 Å². The van der Waals surface area contributed by atoms with Crippen molar-refractivity contribution in [3.8, 4) is 0 Å². The van der Waals surface area contributed by atoms with Gasteiger partial charge in [-0.1, -0.05) is 13.0 Å². The number of ether oxygens (including phenoxy) is 2. The molecule has 0 bridgehead atoms. The Balaban J connectivity index is 1.84. The predicted molar refractivity (Wildman–Crippen MR) is 72.7 cm³/mol. The van der Waals surface area contributed by atoms with Crippen LogP contribution in [0, 0.1) is 18.3 Å². The van der Waals surface area contributed by atoms with Crippen LogP contribution in [0.4, 0.5) is 0 Å². The highest BCUT2D eigenvalue weighted by molar-refractivity contribution is 6.02. The summed E-state index contributed by atoms with van der Waals surface area (Å²) in [4.78, 5) is 12.9. The molecular formula is C16H18O5. The highest BCUT2D eigenvalue weighted by atomic mass is 16.7. The van der Waals surface area contributed by atoms with Gasteiger partial charge in [-0.25, -0.2) is 0 Å². The fourth-order valence-corrected chi connectivity index (χ4v) is 3.77. The van der Waals surface area contributed by atoms with Crippen molar-refractivity contribution >= 4 is 5.78 Å². The largest absolute Gasteiger partial charge is 0.465 e. The van der Waals surface area contributed by atoms with Gasteiger partial charge in [0.05, 0.1) is 25.0 Å². The molecule has 0 aromatic carbocycles. The molecule has 5 heteroatoms. The highest BCUT2D eigenvalue weighted by Gasteiger charge is 2.57. The van der Waals surface area contributed by atoms with Gasteiger partial charge in [-0.15, -0.1) is 0 Å². The Labute approximate surface area is 122 Å². The number of Topliss-reactive ketones (excluding diaryl/α,β-unsaturated/α-hetero) is 1. The first-order chi connectivity index (χ1) is 9.97. The number of hydrogen-bond acceptors (Lipinski definition) is 5. The lowest BCUT2D eigenvalue weighted by Crippen LogP contribution is -2.49. The van der Waals surface area contributed by atoms with Gasteiger partial charge < -0.3 is 19.0 Å². The second kappa shape index (κ2) is 4.06. The number of aliphatic hydroxyl groups excluding tert-OH is 1. The van der Waals surface area contributed by atoms with E-state index in [1.165, 1.54) is 6.26 Å². The number of hydrogen-bond donors (Lipinski definition) is 1. The number of aliphatic hydroxyl groups is 1. The van der Waals surface area contributed by atoms with Crippen molar-refractivity contribution in [3.05, 3.63) is 35.3 Å². The van der Waals surface area contributed by atoms with Crippen LogP contribution in [-0.2, 0) is 9.47 Å². The molecule has 1 aromatic heterocycles. The Bertz CT molecular complexity index is 637. The Hall–Kier alpha value is -1.43. The van der Waals surface area contributed by atoms with Crippen molar-refractivity contribution < 1.29 is 23.8 Å². The fraction of sp³-hybridized carbons (Fsp3) is 0.562. The van der Waals surface area contributed by atoms with E-state index in [0.29, 0.717) is 31.0 Å². The molecular weight excluding hydrogens is 272 g/mol. The Morgan fingerprint density at radius 3 is 2.71 bits per heavy atom. The maximum Gasteiger partial charge on any atom is 0.188 e. The van der Waals surface area contributed by atoms with Gasteiger partial charge in [-0.05, 0) is 18.6 Å². The van der Waals surface area contributed by atoms with E-state index in [1.54, 1.807) is 0 Å². The van der Waals surface area contributed by atoms with Crippen LogP contribution >= 0.6 is 0 Å². The lowest BCUT2D eigenvalue weighted by Gasteiger charge is -2.46. The maximum atomic E-state index is 12.9. The summed E-state index contributed by atoms with van der Waals surface area (Å²) >= 11 is 0. The van der Waals surface area contributed by atoms with Gasteiger partial charge in [0, 0.05) is 17.8 Å². The van der Waals surface area contributed by atoms with Crippen LogP contribution in [0.15, 0.2) is 22.8 Å². The first kappa shape index (κ1) is 13.2. The van der Waals surface area contributed by atoms with Crippen LogP contribution in [0.25, 0.3) is 0 Å². The molecule has 1 N–H and O–H groups in total. The Morgan fingerprint density at radius 1 is 1.29 bits per heavy atom. The van der Waals surface area contributed by atoms with E-state index in [0.717, 1.165) is 5.56 Å². The molecule has 21 heavy (non-hydrogen) atoms. The minimum atomic E-state index is -0.834. The molecule has 2 heterocycles. The van der Waals surface area contributed by atoms with Crippen LogP contribution in [0.3, 0.4) is 0 Å². The number of carbonyl (C=O) groups is 1. The molecule has 3 atom stereocenters. The minimum absolute atomic E-state index is 0.00637. The highest BCUT2D eigenvalue weighted by Crippen LogP contribution is 2.55. The summed E-state index contributed by atoms with van der Waals surface area (Å²) in [5.41, 5.74) is 0.607. The van der Waals surface area contributed by atoms with E-state index in [4.69, 9.17) is 13.9 Å². The Morgan fingerprint density at radius 2 is 2.00 bits per heavy atom. The standard InChI is InChI=1S/C16H18O5/c1-9-8-19-13-11(9)12(17)10-7-16(20-5-6-21-16)4-3-15(10,2)14(13)18/h3-4,8,10,14,18H,5-7H2,1-2H3/t10-,14+,15-/m1/s1. The van der Waals surface area contributed by atoms with Crippen molar-refractivity contribution in [2.24, 2.45) is 11.3 Å². The smallest absolute Gasteiger partial charge is 0.188 e. The third kappa shape index (κ3) is 1.59. The van der Waals surface area contributed by atoms with Crippen LogP contribution in [0.2, 0.25) is 0 Å². The maximum absolute atomic E-state index is 12.9. The van der Waals surface area contributed by atoms with Gasteiger partial charge in [0.15, 0.2) is 11.6 Å². The average molecular weight is 290 g/mol. The number of ketones is 1. The van der Waals surface area contributed by atoms with E-state index in [1.807, 2.05) is 26.0 Å². The molecule has 1 saturated heterocycles. The van der Waals surface area contributed by atoms with Crippen LogP contribution in [0.5, 0.6) is 0 Å². The van der Waals surface area contributed by atoms with E-state index in [9.17, 15) is 9.90 Å². The number of fused-ring (bicyclic) bond motifs is 2. The lowest BCUT2D eigenvalue weighted by atomic mass is 9.60. The number of rotatable bonds is 0. The van der Waals surface area contributed by atoms with Crippen LogP contribution < -0.4 is 0 Å². The molecule has 1 spiro atoms. The second-order valence-electron chi connectivity index (χ2n) is 6.39. The van der Waals surface area contributed by atoms with Gasteiger partial charge in [0.25, 0.3) is 0 Å². The molecule has 3 aliphatic rings. The third-order valence-corrected chi connectivity index (χ3v) is 5.12. The summed E-state index contributed by atoms with van der Waals surface area (Å²) < 4.78 is 16.8. The van der Waals surface area contributed by atoms with Crippen molar-refractivity contribution in [2.75, 3.05) is 13.2 Å². The molecule has 1 aliphatic heterocycles. The van der Waals surface area contributed by atoms with Crippen LogP contribution in [-0.4, -0.2) is 29.9 Å². The first-order valence-corrected chi connectivity index (χ1v) is 7.25. The molecule has 4 rings (SSSR count). The van der Waals surface area contributed by atoms with Gasteiger partial charge in [-0.3, -0.25) is 4.79 Å². The summed E-state index contributed by atoms with van der Waals surface area (Å²) in [5.74, 6) is -0.800. The van der Waals surface area contributed by atoms with Crippen LogP contribution in [0.1, 0.15) is 41.1 Å². The molecule has 0 unspecified atom stereocenters. The zero-order valence-corrected chi connectivity index (χ0v) is 12.1. The molecule has 0 radical (unpaired) electrons. The second-order valence-corrected chi connectivity index (χ2v) is 6.39. The van der Waals surface area contributed by atoms with Gasteiger partial charge >= 0.3 is 0 Å². The number of carbonyl (C=O) groups excluding carboxylic acids is 1. The molecule has 5 nitrogen and oxygen atoms in total. The normalized spacial score (nSPS) is 36.8. The van der Waals surface area contributed by atoms with E-state index in [2.05, 4.69) is 0 Å². The molecule has 112 valence electrons. The molecule has 0 saturated carbocycles.